The Hall–Kier alpha value is -2.95. The van der Waals surface area contributed by atoms with Gasteiger partial charge < -0.3 is 20.5 Å². The van der Waals surface area contributed by atoms with Crippen LogP contribution in [0.3, 0.4) is 0 Å². The molecule has 0 spiro atoms. The lowest BCUT2D eigenvalue weighted by Gasteiger charge is -2.16. The number of aliphatic imine (C=N–C) groups is 1. The quantitative estimate of drug-likeness (QED) is 0.620. The van der Waals surface area contributed by atoms with E-state index in [0.29, 0.717) is 18.2 Å². The van der Waals surface area contributed by atoms with E-state index in [9.17, 15) is 0 Å². The van der Waals surface area contributed by atoms with Crippen molar-refractivity contribution in [1.82, 2.24) is 0 Å². The lowest BCUT2D eigenvalue weighted by molar-refractivity contribution is 0.295. The molecule has 0 heterocycles. The molecule has 0 aliphatic rings. The van der Waals surface area contributed by atoms with E-state index >= 15 is 0 Å². The maximum atomic E-state index is 6.18. The molecule has 0 fully saturated rings. The van der Waals surface area contributed by atoms with Crippen LogP contribution in [0.15, 0.2) is 47.5 Å². The number of hydrogen-bond donors (Lipinski definition) is 2. The fourth-order valence-electron chi connectivity index (χ4n) is 2.78. The topological polar surface area (TPSA) is 68.9 Å². The van der Waals surface area contributed by atoms with E-state index in [0.717, 1.165) is 40.4 Å². The fourth-order valence-corrected chi connectivity index (χ4v) is 2.78. The van der Waals surface area contributed by atoms with Gasteiger partial charge in [0.15, 0.2) is 0 Å². The Morgan fingerprint density at radius 2 is 2.00 bits per heavy atom. The van der Waals surface area contributed by atoms with Crippen LogP contribution in [0.25, 0.3) is 5.70 Å². The summed E-state index contributed by atoms with van der Waals surface area (Å²) in [5, 5.41) is 3.18. The first kappa shape index (κ1) is 21.4. The van der Waals surface area contributed by atoms with Gasteiger partial charge in [-0.1, -0.05) is 19.9 Å². The van der Waals surface area contributed by atoms with Crippen molar-refractivity contribution >= 4 is 17.6 Å². The summed E-state index contributed by atoms with van der Waals surface area (Å²) >= 11 is 0. The summed E-state index contributed by atoms with van der Waals surface area (Å²) in [4.78, 5) is 4.35. The number of allylic oxidation sites excluding steroid dienone is 1. The highest BCUT2D eigenvalue weighted by atomic mass is 16.5. The maximum Gasteiger partial charge on any atom is 0.127 e. The first-order valence-electron chi connectivity index (χ1n) is 9.49. The molecule has 0 atom stereocenters. The summed E-state index contributed by atoms with van der Waals surface area (Å²) in [6.07, 6.45) is 3.61. The van der Waals surface area contributed by atoms with Crippen molar-refractivity contribution in [2.24, 2.45) is 16.6 Å². The van der Waals surface area contributed by atoms with Crippen molar-refractivity contribution in [2.75, 3.05) is 26.0 Å². The van der Waals surface area contributed by atoms with E-state index in [1.807, 2.05) is 56.4 Å². The summed E-state index contributed by atoms with van der Waals surface area (Å²) in [6, 6.07) is 11.8. The molecule has 0 saturated heterocycles. The molecule has 28 heavy (non-hydrogen) atoms. The third kappa shape index (κ3) is 5.78. The normalized spacial score (nSPS) is 11.9. The van der Waals surface area contributed by atoms with Gasteiger partial charge in [-0.3, -0.25) is 4.99 Å². The zero-order valence-electron chi connectivity index (χ0n) is 17.5. The maximum absolute atomic E-state index is 6.18. The smallest absolute Gasteiger partial charge is 0.127 e. The highest BCUT2D eigenvalue weighted by molar-refractivity contribution is 5.83. The predicted octanol–water partition coefficient (Wildman–Crippen LogP) is 4.65. The van der Waals surface area contributed by atoms with Crippen LogP contribution in [0.1, 0.15) is 30.5 Å². The van der Waals surface area contributed by atoms with Gasteiger partial charge >= 0.3 is 0 Å². The molecular formula is C23H31N3O2. The van der Waals surface area contributed by atoms with E-state index in [1.54, 1.807) is 13.3 Å². The summed E-state index contributed by atoms with van der Waals surface area (Å²) in [6.45, 7) is 7.50. The molecule has 2 aromatic rings. The van der Waals surface area contributed by atoms with Crippen LogP contribution >= 0.6 is 0 Å². The number of ether oxygens (including phenoxy) is 2. The van der Waals surface area contributed by atoms with Gasteiger partial charge in [0, 0.05) is 31.2 Å². The minimum atomic E-state index is 0.410. The van der Waals surface area contributed by atoms with Crippen molar-refractivity contribution in [1.29, 1.82) is 0 Å². The van der Waals surface area contributed by atoms with Gasteiger partial charge in [-0.2, -0.15) is 0 Å². The first-order valence-corrected chi connectivity index (χ1v) is 9.49. The Morgan fingerprint density at radius 1 is 1.21 bits per heavy atom. The minimum absolute atomic E-state index is 0.410. The molecule has 150 valence electrons. The minimum Gasteiger partial charge on any atom is -0.496 e. The Bertz CT molecular complexity index is 819. The molecule has 5 heteroatoms. The molecule has 0 radical (unpaired) electrons. The van der Waals surface area contributed by atoms with Crippen LogP contribution in [-0.2, 0) is 6.61 Å². The summed E-state index contributed by atoms with van der Waals surface area (Å²) in [5.74, 6) is 2.16. The highest BCUT2D eigenvalue weighted by Gasteiger charge is 2.10. The van der Waals surface area contributed by atoms with Crippen molar-refractivity contribution in [3.63, 3.8) is 0 Å². The Morgan fingerprint density at radius 3 is 2.64 bits per heavy atom. The molecule has 0 bridgehead atoms. The van der Waals surface area contributed by atoms with Crippen molar-refractivity contribution in [3.05, 3.63) is 59.2 Å². The summed E-state index contributed by atoms with van der Waals surface area (Å²) < 4.78 is 11.5. The number of nitrogens with one attached hydrogen (secondary N) is 1. The molecule has 0 aliphatic carbocycles. The van der Waals surface area contributed by atoms with Gasteiger partial charge in [-0.25, -0.2) is 0 Å². The van der Waals surface area contributed by atoms with Crippen molar-refractivity contribution < 1.29 is 9.47 Å². The molecular weight excluding hydrogens is 350 g/mol. The van der Waals surface area contributed by atoms with E-state index < -0.39 is 0 Å². The number of benzene rings is 2. The van der Waals surface area contributed by atoms with E-state index in [1.165, 1.54) is 0 Å². The molecule has 0 aliphatic heterocycles. The summed E-state index contributed by atoms with van der Waals surface area (Å²) in [7, 11) is 3.55. The van der Waals surface area contributed by atoms with Gasteiger partial charge in [-0.15, -0.1) is 0 Å². The number of anilines is 1. The molecule has 0 unspecified atom stereocenters. The lowest BCUT2D eigenvalue weighted by Crippen LogP contribution is -2.04. The molecule has 2 rings (SSSR count). The van der Waals surface area contributed by atoms with E-state index in [2.05, 4.69) is 24.2 Å². The molecule has 5 nitrogen and oxygen atoms in total. The van der Waals surface area contributed by atoms with Gasteiger partial charge in [0.25, 0.3) is 0 Å². The molecule has 0 saturated carbocycles. The third-order valence-corrected chi connectivity index (χ3v) is 4.33. The molecule has 2 aromatic carbocycles. The zero-order valence-corrected chi connectivity index (χ0v) is 17.5. The lowest BCUT2D eigenvalue weighted by atomic mass is 10.1. The van der Waals surface area contributed by atoms with Crippen LogP contribution in [0.5, 0.6) is 11.5 Å². The second kappa shape index (κ2) is 10.4. The van der Waals surface area contributed by atoms with Gasteiger partial charge in [0.05, 0.1) is 12.7 Å². The highest BCUT2D eigenvalue weighted by Crippen LogP contribution is 2.29. The van der Waals surface area contributed by atoms with Crippen LogP contribution in [-0.4, -0.2) is 26.9 Å². The van der Waals surface area contributed by atoms with Crippen LogP contribution < -0.4 is 20.5 Å². The number of nitrogens with zero attached hydrogens (tertiary/aromatic N) is 1. The van der Waals surface area contributed by atoms with Gasteiger partial charge in [-0.05, 0) is 60.4 Å². The SMILES string of the molecule is CNc1cccc(OC)c1COc1ccc(C(N)=CC=NCC(C)C)cc1C. The molecule has 0 amide bonds. The first-order chi connectivity index (χ1) is 13.5. The van der Waals surface area contributed by atoms with Crippen molar-refractivity contribution in [2.45, 2.75) is 27.4 Å². The number of hydrogen-bond acceptors (Lipinski definition) is 5. The van der Waals surface area contributed by atoms with Crippen LogP contribution in [0, 0.1) is 12.8 Å². The van der Waals surface area contributed by atoms with Crippen molar-refractivity contribution in [3.8, 4) is 11.5 Å². The second-order valence-corrected chi connectivity index (χ2v) is 7.04. The standard InChI is InChI=1S/C23H31N3O2/c1-16(2)14-26-12-11-20(24)18-9-10-22(17(3)13-18)28-15-19-21(25-4)7-6-8-23(19)27-5/h6-13,16,25H,14-15,24H2,1-5H3. The average Bonchev–Trinajstić information content (AvgIpc) is 2.69. The van der Waals surface area contributed by atoms with Crippen LogP contribution in [0.2, 0.25) is 0 Å². The number of nitrogens with two attached hydrogens (primary N) is 1. The average molecular weight is 382 g/mol. The third-order valence-electron chi connectivity index (χ3n) is 4.33. The number of rotatable bonds is 9. The van der Waals surface area contributed by atoms with Crippen LogP contribution in [0.4, 0.5) is 5.69 Å². The Kier molecular flexibility index (Phi) is 7.93. The molecule has 0 aromatic heterocycles. The van der Waals surface area contributed by atoms with Gasteiger partial charge in [0.2, 0.25) is 0 Å². The largest absolute Gasteiger partial charge is 0.496 e. The van der Waals surface area contributed by atoms with E-state index in [4.69, 9.17) is 15.2 Å². The Balaban J connectivity index is 2.11. The van der Waals surface area contributed by atoms with E-state index in [-0.39, 0.29) is 0 Å². The number of aryl methyl sites for hydroxylation is 1. The number of methoxy groups -OCH3 is 1. The predicted molar refractivity (Wildman–Crippen MR) is 118 cm³/mol. The Labute approximate surface area is 168 Å². The zero-order chi connectivity index (χ0) is 20.5. The summed E-state index contributed by atoms with van der Waals surface area (Å²) in [5.41, 5.74) is 10.8. The second-order valence-electron chi connectivity index (χ2n) is 7.04. The monoisotopic (exact) mass is 381 g/mol. The molecule has 3 N–H and O–H groups in total. The fraction of sp³-hybridized carbons (Fsp3) is 0.348. The van der Waals surface area contributed by atoms with Gasteiger partial charge in [0.1, 0.15) is 18.1 Å².